The fourth-order valence-electron chi connectivity index (χ4n) is 7.96. The topological polar surface area (TPSA) is 56.4 Å². The lowest BCUT2D eigenvalue weighted by Gasteiger charge is -2.30. The Morgan fingerprint density at radius 3 is 1.91 bits per heavy atom. The van der Waals surface area contributed by atoms with Gasteiger partial charge in [-0.25, -0.2) is 18.6 Å². The minimum absolute atomic E-state index is 0.392. The third kappa shape index (κ3) is 3.11. The fourth-order valence-corrected chi connectivity index (χ4v) is 8.96. The van der Waals surface area contributed by atoms with Crippen LogP contribution in [-0.2, 0) is 5.41 Å². The quantitative estimate of drug-likeness (QED) is 0.199. The molecule has 2 heterocycles. The van der Waals surface area contributed by atoms with Gasteiger partial charge in [0.05, 0.1) is 21.3 Å². The molecule has 0 atom stereocenters. The van der Waals surface area contributed by atoms with E-state index >= 15 is 0 Å². The van der Waals surface area contributed by atoms with Gasteiger partial charge in [0.1, 0.15) is 0 Å². The van der Waals surface area contributed by atoms with E-state index in [2.05, 4.69) is 102 Å². The van der Waals surface area contributed by atoms with Gasteiger partial charge in [0, 0.05) is 0 Å². The van der Waals surface area contributed by atoms with Crippen LogP contribution < -0.4 is 11.4 Å². The van der Waals surface area contributed by atoms with Gasteiger partial charge >= 0.3 is 11.4 Å². The predicted octanol–water partition coefficient (Wildman–Crippen LogP) is 8.07. The van der Waals surface area contributed by atoms with Crippen molar-refractivity contribution in [3.8, 4) is 39.1 Å². The molecular formula is C40H23N3O2S. The summed E-state index contributed by atoms with van der Waals surface area (Å²) in [5, 5.41) is 0. The van der Waals surface area contributed by atoms with Gasteiger partial charge in [-0.2, -0.15) is 4.98 Å². The van der Waals surface area contributed by atoms with E-state index in [4.69, 9.17) is 0 Å². The van der Waals surface area contributed by atoms with E-state index in [-0.39, 0.29) is 0 Å². The first-order valence-electron chi connectivity index (χ1n) is 15.2. The molecule has 6 heteroatoms. The summed E-state index contributed by atoms with van der Waals surface area (Å²) in [6.45, 7) is 0. The smallest absolute Gasteiger partial charge is 0.247 e. The third-order valence-electron chi connectivity index (χ3n) is 9.70. The predicted molar refractivity (Wildman–Crippen MR) is 184 cm³/mol. The minimum Gasteiger partial charge on any atom is -0.247 e. The Balaban J connectivity index is 1.24. The second-order valence-electron chi connectivity index (χ2n) is 11.9. The number of thiazole rings is 1. The number of fused-ring (bicyclic) bond motifs is 13. The molecule has 46 heavy (non-hydrogen) atoms. The van der Waals surface area contributed by atoms with Crippen molar-refractivity contribution >= 4 is 26.5 Å². The Labute approximate surface area is 266 Å². The van der Waals surface area contributed by atoms with Crippen molar-refractivity contribution in [2.24, 2.45) is 0 Å². The molecule has 0 aliphatic heterocycles. The number of hydrogen-bond donors (Lipinski definition) is 0. The van der Waals surface area contributed by atoms with Crippen molar-refractivity contribution in [3.63, 3.8) is 0 Å². The summed E-state index contributed by atoms with van der Waals surface area (Å²) < 4.78 is 3.61. The first-order chi connectivity index (χ1) is 22.7. The molecule has 8 aromatic rings. The van der Waals surface area contributed by atoms with E-state index in [0.717, 1.165) is 21.3 Å². The van der Waals surface area contributed by atoms with Crippen LogP contribution in [0, 0.1) is 0 Å². The largest absolute Gasteiger partial charge is 0.359 e. The highest BCUT2D eigenvalue weighted by atomic mass is 32.1. The maximum atomic E-state index is 13.9. The average molecular weight is 610 g/mol. The van der Waals surface area contributed by atoms with Crippen LogP contribution in [0.4, 0.5) is 0 Å². The van der Waals surface area contributed by atoms with Gasteiger partial charge in [0.2, 0.25) is 4.96 Å². The van der Waals surface area contributed by atoms with Gasteiger partial charge < -0.3 is 0 Å². The molecule has 0 bridgehead atoms. The first kappa shape index (κ1) is 25.5. The third-order valence-corrected chi connectivity index (χ3v) is 10.7. The highest BCUT2D eigenvalue weighted by molar-refractivity contribution is 7.23. The lowest BCUT2D eigenvalue weighted by atomic mass is 9.70. The SMILES string of the molecule is O=c1nc2sc3ccccc3n2c(=O)n1-c1cccc(-c2cccc3c2-c2ccccc2C32c3ccccc3-c3ccccc32)c1. The van der Waals surface area contributed by atoms with Crippen molar-refractivity contribution in [1.29, 1.82) is 0 Å². The van der Waals surface area contributed by atoms with Crippen LogP contribution in [0.1, 0.15) is 22.3 Å². The van der Waals surface area contributed by atoms with Crippen molar-refractivity contribution in [2.75, 3.05) is 0 Å². The number of hydrogen-bond acceptors (Lipinski definition) is 4. The van der Waals surface area contributed by atoms with Crippen molar-refractivity contribution in [2.45, 2.75) is 5.41 Å². The van der Waals surface area contributed by atoms with Crippen LogP contribution in [0.25, 0.3) is 54.2 Å². The molecule has 0 saturated heterocycles. The molecule has 10 rings (SSSR count). The zero-order valence-electron chi connectivity index (χ0n) is 24.3. The summed E-state index contributed by atoms with van der Waals surface area (Å²) in [5.74, 6) is 0. The van der Waals surface area contributed by atoms with Crippen LogP contribution in [-0.4, -0.2) is 14.0 Å². The normalized spacial score (nSPS) is 13.6. The summed E-state index contributed by atoms with van der Waals surface area (Å²) in [5.41, 5.74) is 11.7. The number of rotatable bonds is 2. The lowest BCUT2D eigenvalue weighted by Crippen LogP contribution is -2.37. The van der Waals surface area contributed by atoms with E-state index in [1.807, 2.05) is 36.4 Å². The average Bonchev–Trinajstić information content (AvgIpc) is 3.72. The van der Waals surface area contributed by atoms with Crippen LogP contribution in [0.3, 0.4) is 0 Å². The lowest BCUT2D eigenvalue weighted by molar-refractivity contribution is 0.794. The molecule has 0 unspecified atom stereocenters. The fraction of sp³-hybridized carbons (Fsp3) is 0.0250. The van der Waals surface area contributed by atoms with Crippen molar-refractivity contribution < 1.29 is 0 Å². The first-order valence-corrected chi connectivity index (χ1v) is 16.0. The maximum absolute atomic E-state index is 13.9. The number of aromatic nitrogens is 3. The summed E-state index contributed by atoms with van der Waals surface area (Å²) in [4.78, 5) is 32.0. The van der Waals surface area contributed by atoms with Gasteiger partial charge in [-0.3, -0.25) is 0 Å². The highest BCUT2D eigenvalue weighted by Crippen LogP contribution is 2.63. The van der Waals surface area contributed by atoms with Gasteiger partial charge in [-0.15, -0.1) is 0 Å². The molecule has 0 N–H and O–H groups in total. The molecule has 216 valence electrons. The Kier molecular flexibility index (Phi) is 5.04. The summed E-state index contributed by atoms with van der Waals surface area (Å²) in [6.07, 6.45) is 0. The molecule has 5 nitrogen and oxygen atoms in total. The molecule has 0 saturated carbocycles. The zero-order valence-corrected chi connectivity index (χ0v) is 25.2. The van der Waals surface area contributed by atoms with Crippen molar-refractivity contribution in [3.05, 3.63) is 183 Å². The second-order valence-corrected chi connectivity index (χ2v) is 12.9. The molecule has 6 aromatic carbocycles. The summed E-state index contributed by atoms with van der Waals surface area (Å²) in [6, 6.07) is 48.1. The molecular weight excluding hydrogens is 587 g/mol. The van der Waals surface area contributed by atoms with E-state index in [0.29, 0.717) is 10.6 Å². The zero-order chi connectivity index (χ0) is 30.6. The van der Waals surface area contributed by atoms with Gasteiger partial charge in [-0.05, 0) is 79.9 Å². The monoisotopic (exact) mass is 609 g/mol. The molecule has 1 spiro atoms. The van der Waals surface area contributed by atoms with Crippen molar-refractivity contribution in [1.82, 2.24) is 14.0 Å². The van der Waals surface area contributed by atoms with Gasteiger partial charge in [0.15, 0.2) is 0 Å². The van der Waals surface area contributed by atoms with E-state index in [1.165, 1.54) is 64.8 Å². The van der Waals surface area contributed by atoms with Crippen LogP contribution in [0.5, 0.6) is 0 Å². The molecule has 2 aromatic heterocycles. The summed E-state index contributed by atoms with van der Waals surface area (Å²) >= 11 is 1.34. The van der Waals surface area contributed by atoms with Crippen LogP contribution in [0.15, 0.2) is 149 Å². The van der Waals surface area contributed by atoms with E-state index < -0.39 is 16.8 Å². The summed E-state index contributed by atoms with van der Waals surface area (Å²) in [7, 11) is 0. The number of benzene rings is 6. The molecule has 0 radical (unpaired) electrons. The van der Waals surface area contributed by atoms with Crippen LogP contribution in [0.2, 0.25) is 0 Å². The highest BCUT2D eigenvalue weighted by Gasteiger charge is 2.51. The van der Waals surface area contributed by atoms with E-state index in [9.17, 15) is 9.59 Å². The van der Waals surface area contributed by atoms with Gasteiger partial charge in [0.25, 0.3) is 0 Å². The standard InChI is InChI=1S/C40H23N3O2S/c44-37-41-38-43(34-21-7-8-22-35(34)46-38)39(45)42(37)25-12-9-11-24(23-25)26-16-10-20-33-36(26)29-15-3-6-19-32(29)40(33)30-17-4-1-13-27(30)28-14-2-5-18-31(28)40/h1-23H. The van der Waals surface area contributed by atoms with E-state index in [1.54, 1.807) is 6.07 Å². The van der Waals surface area contributed by atoms with Gasteiger partial charge in [-0.1, -0.05) is 127 Å². The Bertz CT molecular complexity index is 2670. The Hall–Kier alpha value is -5.85. The minimum atomic E-state index is -0.588. The second kappa shape index (κ2) is 9.10. The molecule has 2 aliphatic rings. The van der Waals surface area contributed by atoms with Crippen LogP contribution >= 0.6 is 11.3 Å². The number of para-hydroxylation sites is 1. The Morgan fingerprint density at radius 2 is 1.15 bits per heavy atom. The molecule has 0 fully saturated rings. The maximum Gasteiger partial charge on any atom is 0.359 e. The molecule has 2 aliphatic carbocycles. The Morgan fingerprint density at radius 1 is 0.565 bits per heavy atom. The number of nitrogens with zero attached hydrogens (tertiary/aromatic N) is 3. The molecule has 0 amide bonds.